The lowest BCUT2D eigenvalue weighted by Crippen LogP contribution is -2.03. The zero-order valence-electron chi connectivity index (χ0n) is 10.5. The van der Waals surface area contributed by atoms with Gasteiger partial charge in [0.25, 0.3) is 0 Å². The minimum Gasteiger partial charge on any atom is -0.469 e. The molecule has 0 bridgehead atoms. The van der Waals surface area contributed by atoms with Gasteiger partial charge in [-0.25, -0.2) is 0 Å². The highest BCUT2D eigenvalue weighted by Crippen LogP contribution is 2.25. The number of benzene rings is 1. The minimum atomic E-state index is -0.316. The van der Waals surface area contributed by atoms with Crippen molar-refractivity contribution in [2.45, 2.75) is 6.42 Å². The molecule has 0 spiro atoms. The number of ether oxygens (including phenoxy) is 1. The summed E-state index contributed by atoms with van der Waals surface area (Å²) in [6.45, 7) is 0. The Morgan fingerprint density at radius 3 is 2.75 bits per heavy atom. The maximum absolute atomic E-state index is 12.4. The van der Waals surface area contributed by atoms with Crippen LogP contribution in [0.1, 0.15) is 20.1 Å². The molecule has 1 aromatic heterocycles. The summed E-state index contributed by atoms with van der Waals surface area (Å²) in [7, 11) is 1.34. The number of halogens is 2. The molecular weight excluding hydrogens is 411 g/mol. The van der Waals surface area contributed by atoms with Crippen LogP contribution >= 0.6 is 45.5 Å². The number of ketones is 1. The molecule has 0 saturated carbocycles. The Morgan fingerprint density at radius 1 is 1.30 bits per heavy atom. The van der Waals surface area contributed by atoms with Crippen LogP contribution in [0.15, 0.2) is 30.3 Å². The van der Waals surface area contributed by atoms with Crippen molar-refractivity contribution >= 4 is 57.3 Å². The molecule has 20 heavy (non-hydrogen) atoms. The molecule has 0 unspecified atom stereocenters. The molecule has 104 valence electrons. The van der Waals surface area contributed by atoms with Crippen LogP contribution in [-0.2, 0) is 16.0 Å². The molecule has 1 heterocycles. The first kappa shape index (κ1) is 15.5. The number of carbonyl (C=O) groups excluding carboxylic acids is 2. The molecule has 0 N–H and O–H groups in total. The molecule has 0 atom stereocenters. The van der Waals surface area contributed by atoms with Crippen molar-refractivity contribution in [3.05, 3.63) is 54.2 Å². The topological polar surface area (TPSA) is 43.4 Å². The molecule has 2 rings (SSSR count). The third kappa shape index (κ3) is 3.59. The Morgan fingerprint density at radius 2 is 2.05 bits per heavy atom. The third-order valence-corrected chi connectivity index (χ3v) is 4.86. The predicted octanol–water partition coefficient (Wildman–Crippen LogP) is 3.95. The van der Waals surface area contributed by atoms with Crippen molar-refractivity contribution in [3.8, 4) is 0 Å². The Balaban J connectivity index is 2.25. The van der Waals surface area contributed by atoms with Crippen molar-refractivity contribution < 1.29 is 14.3 Å². The van der Waals surface area contributed by atoms with Gasteiger partial charge in [-0.2, -0.15) is 0 Å². The van der Waals surface area contributed by atoms with Crippen LogP contribution in [0.25, 0.3) is 0 Å². The fourth-order valence-electron chi connectivity index (χ4n) is 1.61. The molecule has 0 fully saturated rings. The summed E-state index contributed by atoms with van der Waals surface area (Å²) in [6, 6.07) is 8.70. The molecule has 2 aromatic rings. The van der Waals surface area contributed by atoms with Crippen molar-refractivity contribution in [1.29, 1.82) is 0 Å². The number of thiophene rings is 1. The monoisotopic (exact) mass is 420 g/mol. The van der Waals surface area contributed by atoms with E-state index >= 15 is 0 Å². The summed E-state index contributed by atoms with van der Waals surface area (Å²) in [5, 5.41) is 0.528. The highest BCUT2D eigenvalue weighted by molar-refractivity contribution is 14.1. The van der Waals surface area contributed by atoms with Gasteiger partial charge in [0.2, 0.25) is 5.78 Å². The molecule has 0 amide bonds. The maximum Gasteiger partial charge on any atom is 0.310 e. The average molecular weight is 421 g/mol. The largest absolute Gasteiger partial charge is 0.469 e. The van der Waals surface area contributed by atoms with E-state index in [-0.39, 0.29) is 18.2 Å². The quantitative estimate of drug-likeness (QED) is 0.427. The van der Waals surface area contributed by atoms with Gasteiger partial charge < -0.3 is 4.74 Å². The van der Waals surface area contributed by atoms with Gasteiger partial charge in [0, 0.05) is 19.0 Å². The van der Waals surface area contributed by atoms with E-state index in [1.54, 1.807) is 30.3 Å². The Labute approximate surface area is 139 Å². The summed E-state index contributed by atoms with van der Waals surface area (Å²) in [6.07, 6.45) is 0.182. The van der Waals surface area contributed by atoms with Crippen LogP contribution in [-0.4, -0.2) is 18.9 Å². The number of methoxy groups -OCH3 is 1. The first-order valence-corrected chi connectivity index (χ1v) is 7.94. The SMILES string of the molecule is COC(=O)Cc1ccc(C(=O)c2cc(Cl)ccc2I)s1. The van der Waals surface area contributed by atoms with Gasteiger partial charge in [-0.05, 0) is 52.9 Å². The minimum absolute atomic E-state index is 0.0852. The van der Waals surface area contributed by atoms with Crippen molar-refractivity contribution in [3.63, 3.8) is 0 Å². The number of hydrogen-bond acceptors (Lipinski definition) is 4. The number of esters is 1. The predicted molar refractivity (Wildman–Crippen MR) is 87.6 cm³/mol. The van der Waals surface area contributed by atoms with Gasteiger partial charge in [0.05, 0.1) is 18.4 Å². The van der Waals surface area contributed by atoms with E-state index in [2.05, 4.69) is 27.3 Å². The van der Waals surface area contributed by atoms with Crippen LogP contribution in [0.3, 0.4) is 0 Å². The number of hydrogen-bond donors (Lipinski definition) is 0. The van der Waals surface area contributed by atoms with Crippen LogP contribution in [0.5, 0.6) is 0 Å². The van der Waals surface area contributed by atoms with Gasteiger partial charge in [-0.15, -0.1) is 11.3 Å². The average Bonchev–Trinajstić information content (AvgIpc) is 2.89. The fraction of sp³-hybridized carbons (Fsp3) is 0.143. The second-order valence-electron chi connectivity index (χ2n) is 3.97. The standard InChI is InChI=1S/C14H10ClIO3S/c1-19-13(17)7-9-3-5-12(20-9)14(18)10-6-8(15)2-4-11(10)16/h2-6H,7H2,1H3. The molecule has 0 aliphatic carbocycles. The van der Waals surface area contributed by atoms with E-state index in [1.807, 2.05) is 0 Å². The first-order chi connectivity index (χ1) is 9.51. The summed E-state index contributed by atoms with van der Waals surface area (Å²) < 4.78 is 5.45. The van der Waals surface area contributed by atoms with Crippen molar-refractivity contribution in [1.82, 2.24) is 0 Å². The van der Waals surface area contributed by atoms with Gasteiger partial charge in [0.1, 0.15) is 0 Å². The molecule has 0 aliphatic rings. The number of carbonyl (C=O) groups is 2. The van der Waals surface area contributed by atoms with Crippen molar-refractivity contribution in [2.75, 3.05) is 7.11 Å². The maximum atomic E-state index is 12.4. The highest BCUT2D eigenvalue weighted by Gasteiger charge is 2.16. The molecule has 0 radical (unpaired) electrons. The van der Waals surface area contributed by atoms with Crippen LogP contribution < -0.4 is 0 Å². The molecule has 0 saturated heterocycles. The molecule has 0 aliphatic heterocycles. The van der Waals surface area contributed by atoms with Crippen LogP contribution in [0.2, 0.25) is 5.02 Å². The van der Waals surface area contributed by atoms with E-state index in [1.165, 1.54) is 18.4 Å². The summed E-state index contributed by atoms with van der Waals surface area (Å²) in [5.41, 5.74) is 0.574. The fourth-order valence-corrected chi connectivity index (χ4v) is 3.31. The molecule has 6 heteroatoms. The summed E-state index contributed by atoms with van der Waals surface area (Å²) in [4.78, 5) is 25.0. The molecule has 1 aromatic carbocycles. The van der Waals surface area contributed by atoms with E-state index in [9.17, 15) is 9.59 Å². The number of rotatable bonds is 4. The van der Waals surface area contributed by atoms with Crippen LogP contribution in [0, 0.1) is 3.57 Å². The van der Waals surface area contributed by atoms with E-state index in [4.69, 9.17) is 11.6 Å². The third-order valence-electron chi connectivity index (χ3n) is 2.60. The Hall–Kier alpha value is -0.920. The summed E-state index contributed by atoms with van der Waals surface area (Å²) in [5.74, 6) is -0.402. The molecule has 3 nitrogen and oxygen atoms in total. The lowest BCUT2D eigenvalue weighted by atomic mass is 10.1. The zero-order chi connectivity index (χ0) is 14.7. The second kappa shape index (κ2) is 6.69. The van der Waals surface area contributed by atoms with E-state index in [0.29, 0.717) is 15.5 Å². The van der Waals surface area contributed by atoms with Crippen LogP contribution in [0.4, 0.5) is 0 Å². The second-order valence-corrected chi connectivity index (χ2v) is 6.74. The first-order valence-electron chi connectivity index (χ1n) is 5.66. The Kier molecular flexibility index (Phi) is 5.17. The van der Waals surface area contributed by atoms with Gasteiger partial charge in [-0.1, -0.05) is 11.6 Å². The van der Waals surface area contributed by atoms with Gasteiger partial charge in [-0.3, -0.25) is 9.59 Å². The summed E-state index contributed by atoms with van der Waals surface area (Å²) >= 11 is 9.33. The normalized spacial score (nSPS) is 10.3. The zero-order valence-corrected chi connectivity index (χ0v) is 14.2. The lowest BCUT2D eigenvalue weighted by Gasteiger charge is -2.02. The van der Waals surface area contributed by atoms with E-state index in [0.717, 1.165) is 8.45 Å². The lowest BCUT2D eigenvalue weighted by molar-refractivity contribution is -0.139. The van der Waals surface area contributed by atoms with Gasteiger partial charge >= 0.3 is 5.97 Å². The van der Waals surface area contributed by atoms with E-state index < -0.39 is 0 Å². The smallest absolute Gasteiger partial charge is 0.310 e. The molecular formula is C14H10ClIO3S. The van der Waals surface area contributed by atoms with Crippen molar-refractivity contribution in [2.24, 2.45) is 0 Å². The Bertz CT molecular complexity index is 666. The highest BCUT2D eigenvalue weighted by atomic mass is 127. The van der Waals surface area contributed by atoms with Gasteiger partial charge in [0.15, 0.2) is 0 Å².